The Labute approximate surface area is 109 Å². The molecular formula is C15H20N2O. The van der Waals surface area contributed by atoms with E-state index in [2.05, 4.69) is 35.2 Å². The van der Waals surface area contributed by atoms with Crippen molar-refractivity contribution in [1.82, 2.24) is 4.90 Å². The summed E-state index contributed by atoms with van der Waals surface area (Å²) in [5.41, 5.74) is 0.892. The van der Waals surface area contributed by atoms with Crippen LogP contribution in [0.4, 0.5) is 0 Å². The van der Waals surface area contributed by atoms with Gasteiger partial charge in [0.05, 0.1) is 24.2 Å². The van der Waals surface area contributed by atoms with Crippen LogP contribution in [0.3, 0.4) is 0 Å². The van der Waals surface area contributed by atoms with Crippen LogP contribution in [-0.2, 0) is 11.3 Å². The van der Waals surface area contributed by atoms with Gasteiger partial charge in [-0.2, -0.15) is 5.26 Å². The minimum atomic E-state index is -0.421. The van der Waals surface area contributed by atoms with E-state index >= 15 is 0 Å². The van der Waals surface area contributed by atoms with E-state index in [4.69, 9.17) is 4.74 Å². The average molecular weight is 244 g/mol. The van der Waals surface area contributed by atoms with Gasteiger partial charge in [0.15, 0.2) is 0 Å². The Bertz CT molecular complexity index is 422. The molecule has 18 heavy (non-hydrogen) atoms. The lowest BCUT2D eigenvalue weighted by molar-refractivity contribution is -0.0709. The van der Waals surface area contributed by atoms with Gasteiger partial charge in [-0.15, -0.1) is 0 Å². The molecule has 0 spiro atoms. The van der Waals surface area contributed by atoms with Gasteiger partial charge < -0.3 is 4.74 Å². The van der Waals surface area contributed by atoms with E-state index in [1.54, 1.807) is 0 Å². The van der Waals surface area contributed by atoms with Crippen molar-refractivity contribution in [2.24, 2.45) is 5.41 Å². The van der Waals surface area contributed by atoms with Crippen LogP contribution in [0.5, 0.6) is 0 Å². The smallest absolute Gasteiger partial charge is 0.0883 e. The zero-order valence-electron chi connectivity index (χ0n) is 11.1. The minimum Gasteiger partial charge on any atom is -0.374 e. The lowest BCUT2D eigenvalue weighted by Crippen LogP contribution is -2.48. The van der Waals surface area contributed by atoms with E-state index in [0.29, 0.717) is 6.61 Å². The predicted octanol–water partition coefficient (Wildman–Crippen LogP) is 2.44. The Balaban J connectivity index is 1.98. The van der Waals surface area contributed by atoms with Crippen LogP contribution in [0.2, 0.25) is 0 Å². The molecule has 2 rings (SSSR count). The molecule has 1 heterocycles. The molecule has 1 fully saturated rings. The summed E-state index contributed by atoms with van der Waals surface area (Å²) in [6.07, 6.45) is -0.0000350. The van der Waals surface area contributed by atoms with E-state index in [9.17, 15) is 5.26 Å². The molecule has 1 unspecified atom stereocenters. The first-order valence-corrected chi connectivity index (χ1v) is 6.41. The second kappa shape index (κ2) is 5.51. The van der Waals surface area contributed by atoms with Crippen LogP contribution in [0.15, 0.2) is 30.3 Å². The SMILES string of the molecule is CC(C)(C#N)C1CN(Cc2ccccc2)CCO1. The van der Waals surface area contributed by atoms with E-state index in [-0.39, 0.29) is 6.10 Å². The molecule has 1 aliphatic rings. The summed E-state index contributed by atoms with van der Waals surface area (Å²) in [6.45, 7) is 7.31. The van der Waals surface area contributed by atoms with Crippen LogP contribution in [0.25, 0.3) is 0 Å². The number of hydrogen-bond donors (Lipinski definition) is 0. The third-order valence-electron chi connectivity index (χ3n) is 3.49. The third-order valence-corrected chi connectivity index (χ3v) is 3.49. The van der Waals surface area contributed by atoms with Crippen molar-refractivity contribution < 1.29 is 4.74 Å². The van der Waals surface area contributed by atoms with Crippen molar-refractivity contribution in [2.75, 3.05) is 19.7 Å². The lowest BCUT2D eigenvalue weighted by Gasteiger charge is -2.38. The zero-order valence-corrected chi connectivity index (χ0v) is 11.1. The molecule has 3 heteroatoms. The summed E-state index contributed by atoms with van der Waals surface area (Å²) < 4.78 is 5.74. The summed E-state index contributed by atoms with van der Waals surface area (Å²) in [6, 6.07) is 12.8. The van der Waals surface area contributed by atoms with Gasteiger partial charge in [-0.25, -0.2) is 0 Å². The number of rotatable bonds is 3. The maximum atomic E-state index is 9.17. The molecule has 0 aromatic heterocycles. The number of benzene rings is 1. The second-order valence-corrected chi connectivity index (χ2v) is 5.41. The highest BCUT2D eigenvalue weighted by molar-refractivity contribution is 5.14. The molecule has 0 bridgehead atoms. The Kier molecular flexibility index (Phi) is 4.00. The van der Waals surface area contributed by atoms with Gasteiger partial charge in [0.25, 0.3) is 0 Å². The maximum absolute atomic E-state index is 9.17. The Hall–Kier alpha value is -1.37. The molecule has 0 saturated carbocycles. The standard InChI is InChI=1S/C15H20N2O/c1-15(2,12-16)14-11-17(8-9-18-14)10-13-6-4-3-5-7-13/h3-7,14H,8-11H2,1-2H3. The van der Waals surface area contributed by atoms with Crippen LogP contribution in [0.1, 0.15) is 19.4 Å². The first kappa shape index (κ1) is 13.1. The summed E-state index contributed by atoms with van der Waals surface area (Å²) in [7, 11) is 0. The Morgan fingerprint density at radius 2 is 2.11 bits per heavy atom. The molecule has 0 N–H and O–H groups in total. The van der Waals surface area contributed by atoms with Crippen molar-refractivity contribution >= 4 is 0 Å². The van der Waals surface area contributed by atoms with Crippen LogP contribution >= 0.6 is 0 Å². The lowest BCUT2D eigenvalue weighted by atomic mass is 9.87. The number of morpholine rings is 1. The molecule has 96 valence electrons. The van der Waals surface area contributed by atoms with Crippen LogP contribution < -0.4 is 0 Å². The summed E-state index contributed by atoms with van der Waals surface area (Å²) >= 11 is 0. The molecule has 1 atom stereocenters. The summed E-state index contributed by atoms with van der Waals surface area (Å²) in [5, 5.41) is 9.17. The summed E-state index contributed by atoms with van der Waals surface area (Å²) in [4.78, 5) is 2.36. The Morgan fingerprint density at radius 3 is 2.78 bits per heavy atom. The van der Waals surface area contributed by atoms with Crippen LogP contribution in [0, 0.1) is 16.7 Å². The van der Waals surface area contributed by atoms with Gasteiger partial charge in [-0.1, -0.05) is 30.3 Å². The topological polar surface area (TPSA) is 36.3 Å². The first-order chi connectivity index (χ1) is 8.62. The van der Waals surface area contributed by atoms with Gasteiger partial charge in [0, 0.05) is 19.6 Å². The highest BCUT2D eigenvalue weighted by Crippen LogP contribution is 2.25. The van der Waals surface area contributed by atoms with Gasteiger partial charge in [-0.3, -0.25) is 4.90 Å². The van der Waals surface area contributed by atoms with Gasteiger partial charge in [0.2, 0.25) is 0 Å². The van der Waals surface area contributed by atoms with Crippen molar-refractivity contribution in [1.29, 1.82) is 5.26 Å². The van der Waals surface area contributed by atoms with Crippen LogP contribution in [-0.4, -0.2) is 30.7 Å². The third kappa shape index (κ3) is 3.10. The molecule has 1 aromatic carbocycles. The predicted molar refractivity (Wildman–Crippen MR) is 70.9 cm³/mol. The zero-order chi connectivity index (χ0) is 13.0. The van der Waals surface area contributed by atoms with Gasteiger partial charge >= 0.3 is 0 Å². The number of hydrogen-bond acceptors (Lipinski definition) is 3. The largest absolute Gasteiger partial charge is 0.374 e. The van der Waals surface area contributed by atoms with E-state index < -0.39 is 5.41 Å². The number of nitriles is 1. The normalized spacial score (nSPS) is 21.5. The molecule has 1 aromatic rings. The second-order valence-electron chi connectivity index (χ2n) is 5.41. The van der Waals surface area contributed by atoms with Crippen molar-refractivity contribution in [3.63, 3.8) is 0 Å². The van der Waals surface area contributed by atoms with Crippen molar-refractivity contribution in [2.45, 2.75) is 26.5 Å². The fourth-order valence-corrected chi connectivity index (χ4v) is 2.20. The van der Waals surface area contributed by atoms with Gasteiger partial charge in [-0.05, 0) is 19.4 Å². The fraction of sp³-hybridized carbons (Fsp3) is 0.533. The van der Waals surface area contributed by atoms with Crippen molar-refractivity contribution in [3.05, 3.63) is 35.9 Å². The Morgan fingerprint density at radius 1 is 1.39 bits per heavy atom. The maximum Gasteiger partial charge on any atom is 0.0883 e. The average Bonchev–Trinajstić information content (AvgIpc) is 2.40. The molecule has 0 aliphatic carbocycles. The highest BCUT2D eigenvalue weighted by Gasteiger charge is 2.34. The van der Waals surface area contributed by atoms with Crippen molar-refractivity contribution in [3.8, 4) is 6.07 Å². The van der Waals surface area contributed by atoms with E-state index in [1.165, 1.54) is 5.56 Å². The first-order valence-electron chi connectivity index (χ1n) is 6.41. The van der Waals surface area contributed by atoms with E-state index in [1.807, 2.05) is 19.9 Å². The molecule has 3 nitrogen and oxygen atoms in total. The monoisotopic (exact) mass is 244 g/mol. The molecular weight excluding hydrogens is 224 g/mol. The fourth-order valence-electron chi connectivity index (χ4n) is 2.20. The molecule has 0 radical (unpaired) electrons. The quantitative estimate of drug-likeness (QED) is 0.819. The number of nitrogens with zero attached hydrogens (tertiary/aromatic N) is 2. The number of ether oxygens (including phenoxy) is 1. The molecule has 0 amide bonds. The molecule has 1 saturated heterocycles. The minimum absolute atomic E-state index is 0.0000350. The summed E-state index contributed by atoms with van der Waals surface area (Å²) in [5.74, 6) is 0. The molecule has 1 aliphatic heterocycles. The van der Waals surface area contributed by atoms with E-state index in [0.717, 1.165) is 19.6 Å². The highest BCUT2D eigenvalue weighted by atomic mass is 16.5. The van der Waals surface area contributed by atoms with Gasteiger partial charge in [0.1, 0.15) is 0 Å².